The van der Waals surface area contributed by atoms with E-state index in [1.54, 1.807) is 18.8 Å². The molecule has 2 rings (SSSR count). The van der Waals surface area contributed by atoms with Crippen LogP contribution < -0.4 is 11.2 Å². The van der Waals surface area contributed by atoms with Crippen LogP contribution in [0.5, 0.6) is 0 Å². The molecular weight excluding hydrogens is 312 g/mol. The van der Waals surface area contributed by atoms with Gasteiger partial charge in [0, 0.05) is 19.3 Å². The topological polar surface area (TPSA) is 72.7 Å². The standard InChI is InChI=1S/C16H24N4O2S/c1-4-6-8-9-10-20-12-13(17-16(20)23-11-7-5-2)19(3)15(22)18-14(12)21/h5,7H,4,6,8-11H2,1-3H3,(H,18,21,22). The summed E-state index contributed by atoms with van der Waals surface area (Å²) in [5.41, 5.74) is 0.163. The molecule has 2 aromatic rings. The maximum Gasteiger partial charge on any atom is 0.329 e. The van der Waals surface area contributed by atoms with E-state index in [1.165, 1.54) is 17.4 Å². The second kappa shape index (κ2) is 8.19. The Labute approximate surface area is 139 Å². The number of nitrogens with zero attached hydrogens (tertiary/aromatic N) is 3. The van der Waals surface area contributed by atoms with Crippen LogP contribution in [0.3, 0.4) is 0 Å². The Morgan fingerprint density at radius 3 is 2.74 bits per heavy atom. The number of imidazole rings is 1. The zero-order valence-corrected chi connectivity index (χ0v) is 14.8. The van der Waals surface area contributed by atoms with Gasteiger partial charge in [-0.05, 0) is 13.3 Å². The summed E-state index contributed by atoms with van der Waals surface area (Å²) in [5, 5.41) is 0.793. The first kappa shape index (κ1) is 17.6. The van der Waals surface area contributed by atoms with Gasteiger partial charge in [-0.25, -0.2) is 9.78 Å². The fourth-order valence-electron chi connectivity index (χ4n) is 2.45. The molecule has 7 heteroatoms. The fourth-order valence-corrected chi connectivity index (χ4v) is 3.37. The van der Waals surface area contributed by atoms with Gasteiger partial charge in [-0.15, -0.1) is 0 Å². The lowest BCUT2D eigenvalue weighted by molar-refractivity contribution is 0.562. The largest absolute Gasteiger partial charge is 0.329 e. The zero-order chi connectivity index (χ0) is 16.8. The lowest BCUT2D eigenvalue weighted by Crippen LogP contribution is -2.29. The molecule has 126 valence electrons. The summed E-state index contributed by atoms with van der Waals surface area (Å²) in [5.74, 6) is 0.792. The minimum Gasteiger partial charge on any atom is -0.313 e. The van der Waals surface area contributed by atoms with Crippen molar-refractivity contribution in [2.24, 2.45) is 7.05 Å². The SMILES string of the molecule is CC=CCSc1nc2c(c(=O)[nH]c(=O)n2C)n1CCCCCC. The molecule has 0 bridgehead atoms. The third-order valence-corrected chi connectivity index (χ3v) is 4.68. The number of nitrogens with one attached hydrogen (secondary N) is 1. The Morgan fingerprint density at radius 2 is 2.04 bits per heavy atom. The van der Waals surface area contributed by atoms with Gasteiger partial charge in [0.15, 0.2) is 16.3 Å². The molecule has 0 aromatic carbocycles. The second-order valence-electron chi connectivity index (χ2n) is 5.48. The van der Waals surface area contributed by atoms with Crippen molar-refractivity contribution >= 4 is 22.9 Å². The van der Waals surface area contributed by atoms with Crippen molar-refractivity contribution in [3.05, 3.63) is 33.0 Å². The van der Waals surface area contributed by atoms with E-state index in [-0.39, 0.29) is 5.56 Å². The second-order valence-corrected chi connectivity index (χ2v) is 6.46. The summed E-state index contributed by atoms with van der Waals surface area (Å²) in [6, 6.07) is 0. The van der Waals surface area contributed by atoms with Crippen molar-refractivity contribution in [2.75, 3.05) is 5.75 Å². The summed E-state index contributed by atoms with van der Waals surface area (Å²) in [6.45, 7) is 4.89. The molecule has 1 N–H and O–H groups in total. The maximum absolute atomic E-state index is 12.3. The van der Waals surface area contributed by atoms with Gasteiger partial charge < -0.3 is 4.57 Å². The van der Waals surface area contributed by atoms with E-state index in [9.17, 15) is 9.59 Å². The van der Waals surface area contributed by atoms with Crippen LogP contribution in [-0.4, -0.2) is 24.9 Å². The zero-order valence-electron chi connectivity index (χ0n) is 14.0. The van der Waals surface area contributed by atoms with E-state index in [4.69, 9.17) is 0 Å². The summed E-state index contributed by atoms with van der Waals surface area (Å²) in [4.78, 5) is 30.9. The number of aryl methyl sites for hydroxylation is 2. The molecule has 0 amide bonds. The van der Waals surface area contributed by atoms with Crippen molar-refractivity contribution in [3.8, 4) is 0 Å². The van der Waals surface area contributed by atoms with Gasteiger partial charge in [-0.3, -0.25) is 14.3 Å². The minimum atomic E-state index is -0.428. The van der Waals surface area contributed by atoms with Crippen molar-refractivity contribution in [1.29, 1.82) is 0 Å². The van der Waals surface area contributed by atoms with Gasteiger partial charge in [0.1, 0.15) is 0 Å². The highest BCUT2D eigenvalue weighted by Gasteiger charge is 2.16. The Kier molecular flexibility index (Phi) is 6.27. The molecule has 0 aliphatic carbocycles. The van der Waals surface area contributed by atoms with Gasteiger partial charge in [0.25, 0.3) is 5.56 Å². The van der Waals surface area contributed by atoms with Gasteiger partial charge in [-0.1, -0.05) is 50.1 Å². The van der Waals surface area contributed by atoms with Crippen LogP contribution in [-0.2, 0) is 13.6 Å². The number of unbranched alkanes of at least 4 members (excludes halogenated alkanes) is 3. The summed E-state index contributed by atoms with van der Waals surface area (Å²) >= 11 is 1.58. The first-order valence-corrected chi connectivity index (χ1v) is 9.02. The van der Waals surface area contributed by atoms with E-state index >= 15 is 0 Å². The number of fused-ring (bicyclic) bond motifs is 1. The van der Waals surface area contributed by atoms with E-state index < -0.39 is 5.69 Å². The average molecular weight is 336 g/mol. The van der Waals surface area contributed by atoms with Crippen LogP contribution in [0.25, 0.3) is 11.2 Å². The number of H-pyrrole nitrogens is 1. The molecule has 0 unspecified atom stereocenters. The smallest absolute Gasteiger partial charge is 0.313 e. The molecule has 0 aliphatic rings. The van der Waals surface area contributed by atoms with Crippen LogP contribution in [0.1, 0.15) is 39.5 Å². The molecule has 0 radical (unpaired) electrons. The van der Waals surface area contributed by atoms with E-state index in [0.717, 1.165) is 30.3 Å². The van der Waals surface area contributed by atoms with Gasteiger partial charge in [-0.2, -0.15) is 0 Å². The molecule has 23 heavy (non-hydrogen) atoms. The molecule has 0 saturated carbocycles. The van der Waals surface area contributed by atoms with Crippen molar-refractivity contribution in [2.45, 2.75) is 51.2 Å². The number of hydrogen-bond donors (Lipinski definition) is 1. The highest BCUT2D eigenvalue weighted by molar-refractivity contribution is 7.99. The number of rotatable bonds is 8. The molecule has 0 aliphatic heterocycles. The lowest BCUT2D eigenvalue weighted by Gasteiger charge is -2.07. The molecule has 0 saturated heterocycles. The Morgan fingerprint density at radius 1 is 1.26 bits per heavy atom. The summed E-state index contributed by atoms with van der Waals surface area (Å²) in [6.07, 6.45) is 8.52. The molecule has 2 aromatic heterocycles. The fraction of sp³-hybridized carbons (Fsp3) is 0.562. The first-order valence-electron chi connectivity index (χ1n) is 8.03. The predicted octanol–water partition coefficient (Wildman–Crippen LogP) is 2.67. The highest BCUT2D eigenvalue weighted by Crippen LogP contribution is 2.22. The van der Waals surface area contributed by atoms with Crippen LogP contribution >= 0.6 is 11.8 Å². The Balaban J connectivity index is 2.45. The van der Waals surface area contributed by atoms with Crippen LogP contribution in [0.4, 0.5) is 0 Å². The number of aromatic nitrogens is 4. The third-order valence-electron chi connectivity index (χ3n) is 3.75. The number of thioether (sulfide) groups is 1. The molecule has 2 heterocycles. The molecule has 0 atom stereocenters. The minimum absolute atomic E-state index is 0.357. The number of aromatic amines is 1. The van der Waals surface area contributed by atoms with E-state index in [2.05, 4.69) is 23.0 Å². The monoisotopic (exact) mass is 336 g/mol. The van der Waals surface area contributed by atoms with Crippen LogP contribution in [0.15, 0.2) is 26.9 Å². The lowest BCUT2D eigenvalue weighted by atomic mass is 10.2. The van der Waals surface area contributed by atoms with E-state index in [0.29, 0.717) is 11.2 Å². The predicted molar refractivity (Wildman–Crippen MR) is 95.3 cm³/mol. The third kappa shape index (κ3) is 3.96. The number of hydrogen-bond acceptors (Lipinski definition) is 4. The summed E-state index contributed by atoms with van der Waals surface area (Å²) in [7, 11) is 1.63. The molecule has 6 nitrogen and oxygen atoms in total. The first-order chi connectivity index (χ1) is 11.1. The van der Waals surface area contributed by atoms with Gasteiger partial charge in [0.2, 0.25) is 0 Å². The van der Waals surface area contributed by atoms with Crippen molar-refractivity contribution in [1.82, 2.24) is 19.1 Å². The van der Waals surface area contributed by atoms with Crippen LogP contribution in [0, 0.1) is 0 Å². The van der Waals surface area contributed by atoms with Crippen LogP contribution in [0.2, 0.25) is 0 Å². The van der Waals surface area contributed by atoms with E-state index in [1.807, 2.05) is 17.6 Å². The highest BCUT2D eigenvalue weighted by atomic mass is 32.2. The van der Waals surface area contributed by atoms with Gasteiger partial charge >= 0.3 is 5.69 Å². The van der Waals surface area contributed by atoms with Crippen molar-refractivity contribution < 1.29 is 0 Å². The average Bonchev–Trinajstić information content (AvgIpc) is 2.89. The normalized spacial score (nSPS) is 11.8. The summed E-state index contributed by atoms with van der Waals surface area (Å²) < 4.78 is 3.36. The quantitative estimate of drug-likeness (QED) is 0.457. The Bertz CT molecular complexity index is 801. The molecule has 0 spiro atoms. The molecular formula is C16H24N4O2S. The molecule has 0 fully saturated rings. The number of allylic oxidation sites excluding steroid dienone is 1. The van der Waals surface area contributed by atoms with Gasteiger partial charge in [0.05, 0.1) is 0 Å². The Hall–Kier alpha value is -1.76. The van der Waals surface area contributed by atoms with Crippen molar-refractivity contribution in [3.63, 3.8) is 0 Å². The maximum atomic E-state index is 12.3.